The Morgan fingerprint density at radius 2 is 2.17 bits per heavy atom. The van der Waals surface area contributed by atoms with E-state index in [2.05, 4.69) is 15.3 Å². The highest BCUT2D eigenvalue weighted by Crippen LogP contribution is 2.24. The number of H-pyrrole nitrogens is 1. The molecular formula is C16H18ClN3O2S. The number of amides is 1. The minimum Gasteiger partial charge on any atom is -0.324 e. The zero-order chi connectivity index (χ0) is 16.8. The third kappa shape index (κ3) is 5.11. The van der Waals surface area contributed by atoms with Crippen LogP contribution in [0, 0.1) is 0 Å². The maximum Gasteiger partial charge on any atom is 0.251 e. The molecule has 23 heavy (non-hydrogen) atoms. The number of nitrogens with zero attached hydrogens (tertiary/aromatic N) is 1. The van der Waals surface area contributed by atoms with Gasteiger partial charge in [-0.15, -0.1) is 0 Å². The van der Waals surface area contributed by atoms with Crippen LogP contribution in [0.25, 0.3) is 0 Å². The van der Waals surface area contributed by atoms with Gasteiger partial charge in [-0.2, -0.15) is 0 Å². The summed E-state index contributed by atoms with van der Waals surface area (Å²) in [5.74, 6) is -0.202. The van der Waals surface area contributed by atoms with Crippen molar-refractivity contribution in [1.29, 1.82) is 0 Å². The van der Waals surface area contributed by atoms with Gasteiger partial charge in [-0.05, 0) is 25.5 Å². The largest absolute Gasteiger partial charge is 0.324 e. The van der Waals surface area contributed by atoms with Gasteiger partial charge in [-0.3, -0.25) is 9.59 Å². The molecule has 1 aromatic heterocycles. The van der Waals surface area contributed by atoms with Crippen molar-refractivity contribution in [2.24, 2.45) is 0 Å². The summed E-state index contributed by atoms with van der Waals surface area (Å²) in [6, 6.07) is 8.53. The predicted octanol–water partition coefficient (Wildman–Crippen LogP) is 3.50. The van der Waals surface area contributed by atoms with Crippen LogP contribution in [0.1, 0.15) is 26.0 Å². The van der Waals surface area contributed by atoms with Crippen molar-refractivity contribution >= 4 is 35.0 Å². The first kappa shape index (κ1) is 17.6. The van der Waals surface area contributed by atoms with Crippen LogP contribution in [0.4, 0.5) is 5.69 Å². The van der Waals surface area contributed by atoms with Crippen LogP contribution < -0.4 is 10.9 Å². The van der Waals surface area contributed by atoms with Gasteiger partial charge < -0.3 is 10.3 Å². The molecule has 1 atom stereocenters. The van der Waals surface area contributed by atoms with Crippen molar-refractivity contribution in [3.63, 3.8) is 0 Å². The molecule has 7 heteroatoms. The summed E-state index contributed by atoms with van der Waals surface area (Å²) in [5, 5.41) is 3.28. The van der Waals surface area contributed by atoms with Gasteiger partial charge >= 0.3 is 0 Å². The number of para-hydroxylation sites is 1. The van der Waals surface area contributed by atoms with Crippen LogP contribution in [-0.4, -0.2) is 21.1 Å². The summed E-state index contributed by atoms with van der Waals surface area (Å²) in [4.78, 5) is 30.9. The molecule has 1 heterocycles. The van der Waals surface area contributed by atoms with Gasteiger partial charge in [0, 0.05) is 11.8 Å². The number of aromatic nitrogens is 2. The number of rotatable bonds is 6. The first-order chi connectivity index (χ1) is 11.0. The molecule has 0 saturated carbocycles. The second-order valence-electron chi connectivity index (χ2n) is 5.02. The fourth-order valence-corrected chi connectivity index (χ4v) is 2.95. The van der Waals surface area contributed by atoms with Crippen LogP contribution >= 0.6 is 23.4 Å². The number of hydrogen-bond acceptors (Lipinski definition) is 4. The number of nitrogens with one attached hydrogen (secondary N) is 2. The number of carbonyl (C=O) groups is 1. The Labute approximate surface area is 143 Å². The minimum absolute atomic E-state index is 0.202. The summed E-state index contributed by atoms with van der Waals surface area (Å²) in [6.45, 7) is 3.78. The average molecular weight is 352 g/mol. The number of thioether (sulfide) groups is 1. The van der Waals surface area contributed by atoms with E-state index < -0.39 is 5.25 Å². The maximum atomic E-state index is 12.3. The predicted molar refractivity (Wildman–Crippen MR) is 94.3 cm³/mol. The van der Waals surface area contributed by atoms with E-state index in [9.17, 15) is 9.59 Å². The molecule has 0 fully saturated rings. The van der Waals surface area contributed by atoms with Gasteiger partial charge in [0.25, 0.3) is 5.56 Å². The van der Waals surface area contributed by atoms with E-state index in [0.29, 0.717) is 15.9 Å². The lowest BCUT2D eigenvalue weighted by atomic mass is 10.2. The monoisotopic (exact) mass is 351 g/mol. The molecule has 2 aromatic rings. The van der Waals surface area contributed by atoms with Gasteiger partial charge in [0.1, 0.15) is 0 Å². The molecule has 2 N–H and O–H groups in total. The molecule has 0 aliphatic heterocycles. The molecule has 1 amide bonds. The Balaban J connectivity index is 2.06. The smallest absolute Gasteiger partial charge is 0.251 e. The van der Waals surface area contributed by atoms with Crippen molar-refractivity contribution < 1.29 is 4.79 Å². The highest BCUT2D eigenvalue weighted by Gasteiger charge is 2.17. The number of benzene rings is 1. The number of carbonyl (C=O) groups excluding carboxylic acids is 1. The van der Waals surface area contributed by atoms with Crippen LogP contribution in [0.3, 0.4) is 0 Å². The van der Waals surface area contributed by atoms with Crippen LogP contribution in [-0.2, 0) is 11.2 Å². The first-order valence-corrected chi connectivity index (χ1v) is 8.57. The van der Waals surface area contributed by atoms with Crippen LogP contribution in [0.5, 0.6) is 0 Å². The Hall–Kier alpha value is -1.79. The number of hydrogen-bond donors (Lipinski definition) is 2. The molecule has 0 bridgehead atoms. The standard InChI is InChI=1S/C16H18ClN3O2S/c1-3-6-11-9-14(21)20-16(18-11)23-10(2)15(22)19-13-8-5-4-7-12(13)17/h4-5,7-10H,3,6H2,1-2H3,(H,19,22)(H,18,20,21). The highest BCUT2D eigenvalue weighted by molar-refractivity contribution is 8.00. The number of aromatic amines is 1. The van der Waals surface area contributed by atoms with E-state index in [0.717, 1.165) is 18.5 Å². The fraction of sp³-hybridized carbons (Fsp3) is 0.312. The number of aryl methyl sites for hydroxylation is 1. The molecule has 0 aliphatic rings. The van der Waals surface area contributed by atoms with Crippen LogP contribution in [0.2, 0.25) is 5.02 Å². The van der Waals surface area contributed by atoms with Crippen molar-refractivity contribution in [3.8, 4) is 0 Å². The van der Waals surface area contributed by atoms with Gasteiger partial charge in [0.15, 0.2) is 5.16 Å². The number of anilines is 1. The van der Waals surface area contributed by atoms with Gasteiger partial charge in [0.2, 0.25) is 5.91 Å². The summed E-state index contributed by atoms with van der Waals surface area (Å²) in [6.07, 6.45) is 1.64. The summed E-state index contributed by atoms with van der Waals surface area (Å²) in [7, 11) is 0. The Morgan fingerprint density at radius 1 is 1.43 bits per heavy atom. The zero-order valence-corrected chi connectivity index (χ0v) is 14.5. The van der Waals surface area contributed by atoms with Crippen molar-refractivity contribution in [2.75, 3.05) is 5.32 Å². The molecule has 0 spiro atoms. The molecule has 0 saturated heterocycles. The van der Waals surface area contributed by atoms with E-state index in [-0.39, 0.29) is 11.5 Å². The average Bonchev–Trinajstić information content (AvgIpc) is 2.49. The normalized spacial score (nSPS) is 12.0. The summed E-state index contributed by atoms with van der Waals surface area (Å²) in [5.41, 5.74) is 1.09. The SMILES string of the molecule is CCCc1cc(=O)[nH]c(SC(C)C(=O)Nc2ccccc2Cl)n1. The highest BCUT2D eigenvalue weighted by atomic mass is 35.5. The quantitative estimate of drug-likeness (QED) is 0.617. The first-order valence-electron chi connectivity index (χ1n) is 7.32. The molecular weight excluding hydrogens is 334 g/mol. The molecule has 1 unspecified atom stereocenters. The zero-order valence-electron chi connectivity index (χ0n) is 12.9. The lowest BCUT2D eigenvalue weighted by Crippen LogP contribution is -2.23. The molecule has 5 nitrogen and oxygen atoms in total. The Bertz CT molecular complexity index is 748. The summed E-state index contributed by atoms with van der Waals surface area (Å²) < 4.78 is 0. The fourth-order valence-electron chi connectivity index (χ4n) is 1.94. The topological polar surface area (TPSA) is 74.8 Å². The lowest BCUT2D eigenvalue weighted by Gasteiger charge is -2.12. The van der Waals surface area contributed by atoms with Crippen molar-refractivity contribution in [2.45, 2.75) is 37.1 Å². The van der Waals surface area contributed by atoms with E-state index >= 15 is 0 Å². The van der Waals surface area contributed by atoms with E-state index in [1.165, 1.54) is 17.8 Å². The molecule has 1 aromatic carbocycles. The number of halogens is 1. The van der Waals surface area contributed by atoms with E-state index in [1.54, 1.807) is 31.2 Å². The van der Waals surface area contributed by atoms with E-state index in [4.69, 9.17) is 11.6 Å². The molecule has 0 radical (unpaired) electrons. The Morgan fingerprint density at radius 3 is 2.87 bits per heavy atom. The van der Waals surface area contributed by atoms with Gasteiger partial charge in [0.05, 0.1) is 16.0 Å². The second kappa shape index (κ2) is 8.17. The summed E-state index contributed by atoms with van der Waals surface area (Å²) >= 11 is 7.24. The van der Waals surface area contributed by atoms with Crippen LogP contribution in [0.15, 0.2) is 40.3 Å². The van der Waals surface area contributed by atoms with Gasteiger partial charge in [-0.25, -0.2) is 4.98 Å². The second-order valence-corrected chi connectivity index (χ2v) is 6.76. The third-order valence-electron chi connectivity index (χ3n) is 3.07. The van der Waals surface area contributed by atoms with Gasteiger partial charge in [-0.1, -0.05) is 48.8 Å². The molecule has 0 aliphatic carbocycles. The molecule has 122 valence electrons. The Kier molecular flexibility index (Phi) is 6.24. The van der Waals surface area contributed by atoms with Crippen molar-refractivity contribution in [1.82, 2.24) is 9.97 Å². The van der Waals surface area contributed by atoms with Crippen molar-refractivity contribution in [3.05, 3.63) is 51.4 Å². The maximum absolute atomic E-state index is 12.3. The minimum atomic E-state index is -0.425. The van der Waals surface area contributed by atoms with E-state index in [1.807, 2.05) is 6.92 Å². The third-order valence-corrected chi connectivity index (χ3v) is 4.38. The molecule has 2 rings (SSSR count). The lowest BCUT2D eigenvalue weighted by molar-refractivity contribution is -0.115.